The Morgan fingerprint density at radius 3 is 2.76 bits per heavy atom. The molecule has 1 saturated heterocycles. The molecule has 2 N–H and O–H groups in total. The molecule has 1 aliphatic rings. The van der Waals surface area contributed by atoms with Gasteiger partial charge in [-0.2, -0.15) is 0 Å². The van der Waals surface area contributed by atoms with Crippen LogP contribution < -0.4 is 5.73 Å². The van der Waals surface area contributed by atoms with Crippen molar-refractivity contribution in [1.82, 2.24) is 19.9 Å². The summed E-state index contributed by atoms with van der Waals surface area (Å²) < 4.78 is 1.92. The maximum absolute atomic E-state index is 5.92. The fraction of sp³-hybridized carbons (Fsp3) is 0.833. The fourth-order valence-electron chi connectivity index (χ4n) is 2.23. The molecule has 1 fully saturated rings. The lowest BCUT2D eigenvalue weighted by atomic mass is 10.1. The van der Waals surface area contributed by atoms with Crippen molar-refractivity contribution in [2.75, 3.05) is 19.6 Å². The van der Waals surface area contributed by atoms with Gasteiger partial charge in [0, 0.05) is 6.54 Å². The first-order valence-electron chi connectivity index (χ1n) is 6.67. The molecule has 1 aromatic heterocycles. The molecule has 0 radical (unpaired) electrons. The second-order valence-electron chi connectivity index (χ2n) is 4.82. The van der Waals surface area contributed by atoms with E-state index in [4.69, 9.17) is 5.73 Å². The van der Waals surface area contributed by atoms with Crippen LogP contribution in [0.15, 0.2) is 6.20 Å². The molecule has 1 unspecified atom stereocenters. The maximum atomic E-state index is 5.92. The molecule has 96 valence electrons. The van der Waals surface area contributed by atoms with Gasteiger partial charge in [-0.25, -0.2) is 0 Å². The van der Waals surface area contributed by atoms with Gasteiger partial charge in [-0.3, -0.25) is 4.68 Å². The molecule has 5 heteroatoms. The first-order valence-corrected chi connectivity index (χ1v) is 6.67. The maximum Gasteiger partial charge on any atom is 0.0993 e. The number of rotatable bonds is 5. The van der Waals surface area contributed by atoms with Crippen molar-refractivity contribution < 1.29 is 0 Å². The lowest BCUT2D eigenvalue weighted by Gasteiger charge is -2.25. The predicted molar refractivity (Wildman–Crippen MR) is 67.5 cm³/mol. The minimum Gasteiger partial charge on any atom is -0.323 e. The van der Waals surface area contributed by atoms with Gasteiger partial charge in [0.2, 0.25) is 0 Å². The molecule has 2 rings (SSSR count). The lowest BCUT2D eigenvalue weighted by Crippen LogP contribution is -2.32. The van der Waals surface area contributed by atoms with Crippen molar-refractivity contribution in [3.63, 3.8) is 0 Å². The molecule has 17 heavy (non-hydrogen) atoms. The van der Waals surface area contributed by atoms with E-state index in [9.17, 15) is 0 Å². The number of hydrogen-bond acceptors (Lipinski definition) is 4. The van der Waals surface area contributed by atoms with Crippen LogP contribution in [0.4, 0.5) is 0 Å². The normalized spacial score (nSPS) is 19.4. The van der Waals surface area contributed by atoms with Gasteiger partial charge in [-0.15, -0.1) is 5.10 Å². The number of piperidine rings is 1. The molecule has 2 heterocycles. The zero-order chi connectivity index (χ0) is 12.1. The van der Waals surface area contributed by atoms with E-state index >= 15 is 0 Å². The molecular weight excluding hydrogens is 214 g/mol. The quantitative estimate of drug-likeness (QED) is 0.835. The lowest BCUT2D eigenvalue weighted by molar-refractivity contribution is 0.217. The molecule has 0 aliphatic carbocycles. The summed E-state index contributed by atoms with van der Waals surface area (Å²) in [7, 11) is 0. The number of hydrogen-bond donors (Lipinski definition) is 1. The topological polar surface area (TPSA) is 60.0 Å². The van der Waals surface area contributed by atoms with E-state index in [1.807, 2.05) is 10.9 Å². The van der Waals surface area contributed by atoms with Gasteiger partial charge >= 0.3 is 0 Å². The molecule has 0 aromatic carbocycles. The van der Waals surface area contributed by atoms with Crippen LogP contribution in [0, 0.1) is 0 Å². The van der Waals surface area contributed by atoms with Crippen LogP contribution >= 0.6 is 0 Å². The molecule has 1 aromatic rings. The van der Waals surface area contributed by atoms with Crippen LogP contribution in [0.2, 0.25) is 0 Å². The van der Waals surface area contributed by atoms with Crippen LogP contribution in [-0.4, -0.2) is 39.5 Å². The highest BCUT2D eigenvalue weighted by Crippen LogP contribution is 2.10. The van der Waals surface area contributed by atoms with E-state index in [0.717, 1.165) is 25.2 Å². The third kappa shape index (κ3) is 3.51. The Kier molecular flexibility index (Phi) is 4.50. The second-order valence-corrected chi connectivity index (χ2v) is 4.82. The van der Waals surface area contributed by atoms with Crippen molar-refractivity contribution in [2.45, 2.75) is 45.2 Å². The Bertz CT molecular complexity index is 329. The Hall–Kier alpha value is -0.940. The van der Waals surface area contributed by atoms with Crippen LogP contribution in [0.25, 0.3) is 0 Å². The summed E-state index contributed by atoms with van der Waals surface area (Å²) in [6.45, 7) is 6.52. The third-order valence-corrected chi connectivity index (χ3v) is 3.47. The van der Waals surface area contributed by atoms with Gasteiger partial charge < -0.3 is 10.6 Å². The predicted octanol–water partition coefficient (Wildman–Crippen LogP) is 1.17. The Labute approximate surface area is 103 Å². The standard InChI is InChI=1S/C12H23N5/c1-2-11(13)12-10-17(15-14-12)9-8-16-6-4-3-5-7-16/h10-11H,2-9,13H2,1H3. The van der Waals surface area contributed by atoms with Crippen molar-refractivity contribution in [1.29, 1.82) is 0 Å². The van der Waals surface area contributed by atoms with Crippen LogP contribution in [0.5, 0.6) is 0 Å². The zero-order valence-electron chi connectivity index (χ0n) is 10.7. The second kappa shape index (κ2) is 6.12. The summed E-state index contributed by atoms with van der Waals surface area (Å²) in [5.74, 6) is 0. The van der Waals surface area contributed by atoms with Crippen LogP contribution in [-0.2, 0) is 6.54 Å². The van der Waals surface area contributed by atoms with Crippen molar-refractivity contribution in [2.24, 2.45) is 5.73 Å². The average Bonchev–Trinajstić information content (AvgIpc) is 2.85. The van der Waals surface area contributed by atoms with Gasteiger partial charge in [0.1, 0.15) is 0 Å². The third-order valence-electron chi connectivity index (χ3n) is 3.47. The molecule has 0 amide bonds. The Balaban J connectivity index is 1.80. The summed E-state index contributed by atoms with van der Waals surface area (Å²) in [5.41, 5.74) is 6.83. The average molecular weight is 237 g/mol. The van der Waals surface area contributed by atoms with Crippen LogP contribution in [0.3, 0.4) is 0 Å². The Morgan fingerprint density at radius 1 is 1.29 bits per heavy atom. The van der Waals surface area contributed by atoms with Crippen molar-refractivity contribution in [3.05, 3.63) is 11.9 Å². The number of nitrogens with two attached hydrogens (primary N) is 1. The number of likely N-dealkylation sites (tertiary alicyclic amines) is 1. The molecule has 0 bridgehead atoms. The van der Waals surface area contributed by atoms with E-state index < -0.39 is 0 Å². The van der Waals surface area contributed by atoms with Gasteiger partial charge in [-0.05, 0) is 32.4 Å². The molecule has 5 nitrogen and oxygen atoms in total. The SMILES string of the molecule is CCC(N)c1cn(CCN2CCCCC2)nn1. The van der Waals surface area contributed by atoms with E-state index in [-0.39, 0.29) is 6.04 Å². The zero-order valence-corrected chi connectivity index (χ0v) is 10.7. The Morgan fingerprint density at radius 2 is 2.06 bits per heavy atom. The number of aromatic nitrogens is 3. The molecule has 1 atom stereocenters. The highest BCUT2D eigenvalue weighted by molar-refractivity contribution is 4.98. The van der Waals surface area contributed by atoms with Crippen molar-refractivity contribution >= 4 is 0 Å². The monoisotopic (exact) mass is 237 g/mol. The van der Waals surface area contributed by atoms with Gasteiger partial charge in [0.15, 0.2) is 0 Å². The largest absolute Gasteiger partial charge is 0.323 e. The van der Waals surface area contributed by atoms with E-state index in [2.05, 4.69) is 22.1 Å². The molecule has 1 aliphatic heterocycles. The van der Waals surface area contributed by atoms with Crippen LogP contribution in [0.1, 0.15) is 44.3 Å². The van der Waals surface area contributed by atoms with E-state index in [0.29, 0.717) is 0 Å². The molecule has 0 spiro atoms. The van der Waals surface area contributed by atoms with Gasteiger partial charge in [0.05, 0.1) is 24.5 Å². The smallest absolute Gasteiger partial charge is 0.0993 e. The van der Waals surface area contributed by atoms with Gasteiger partial charge in [-0.1, -0.05) is 18.6 Å². The summed E-state index contributed by atoms with van der Waals surface area (Å²) in [6.07, 6.45) is 6.95. The minimum atomic E-state index is 0.0266. The number of nitrogens with zero attached hydrogens (tertiary/aromatic N) is 4. The van der Waals surface area contributed by atoms with E-state index in [1.165, 1.54) is 32.4 Å². The highest BCUT2D eigenvalue weighted by Gasteiger charge is 2.11. The molecular formula is C12H23N5. The van der Waals surface area contributed by atoms with E-state index in [1.54, 1.807) is 0 Å². The first kappa shape index (κ1) is 12.5. The first-order chi connectivity index (χ1) is 8.29. The summed E-state index contributed by atoms with van der Waals surface area (Å²) >= 11 is 0. The highest BCUT2D eigenvalue weighted by atomic mass is 15.4. The van der Waals surface area contributed by atoms with Crippen molar-refractivity contribution in [3.8, 4) is 0 Å². The minimum absolute atomic E-state index is 0.0266. The summed E-state index contributed by atoms with van der Waals surface area (Å²) in [4.78, 5) is 2.50. The fourth-order valence-corrected chi connectivity index (χ4v) is 2.23. The summed E-state index contributed by atoms with van der Waals surface area (Å²) in [6, 6.07) is 0.0266. The molecule has 0 saturated carbocycles. The van der Waals surface area contributed by atoms with Gasteiger partial charge in [0.25, 0.3) is 0 Å². The summed E-state index contributed by atoms with van der Waals surface area (Å²) in [5, 5.41) is 8.25.